The quantitative estimate of drug-likeness (QED) is 0.564. The van der Waals surface area contributed by atoms with Crippen LogP contribution in [0.25, 0.3) is 0 Å². The fourth-order valence-corrected chi connectivity index (χ4v) is 2.42. The van der Waals surface area contributed by atoms with Crippen molar-refractivity contribution in [3.63, 3.8) is 0 Å². The maximum atomic E-state index is 11.9. The van der Waals surface area contributed by atoms with E-state index < -0.39 is 0 Å². The first-order valence-corrected chi connectivity index (χ1v) is 8.06. The second-order valence-corrected chi connectivity index (χ2v) is 6.03. The average molecular weight is 393 g/mol. The van der Waals surface area contributed by atoms with Gasteiger partial charge < -0.3 is 20.8 Å². The molecule has 2 amide bonds. The van der Waals surface area contributed by atoms with Crippen LogP contribution in [0.2, 0.25) is 0 Å². The van der Waals surface area contributed by atoms with Crippen molar-refractivity contribution in [1.82, 2.24) is 10.6 Å². The monoisotopic (exact) mass is 392 g/mol. The van der Waals surface area contributed by atoms with E-state index in [1.54, 1.807) is 24.3 Å². The van der Waals surface area contributed by atoms with Crippen LogP contribution in [0.1, 0.15) is 15.9 Å². The van der Waals surface area contributed by atoms with Gasteiger partial charge in [0.1, 0.15) is 0 Å². The molecule has 0 radical (unpaired) electrons. The Morgan fingerprint density at radius 3 is 2.50 bits per heavy atom. The molecule has 2 aromatic carbocycles. The first-order chi connectivity index (χ1) is 11.5. The van der Waals surface area contributed by atoms with Crippen molar-refractivity contribution in [3.05, 3.63) is 58.1 Å². The molecular weight excluding hydrogens is 376 g/mol. The number of carbonyl (C=O) groups is 2. The SMILES string of the molecule is O=C(CNC(=O)c1cccc(Br)c1)NCCc1ccc(O)c(O)c1. The molecule has 0 unspecified atom stereocenters. The number of nitrogens with one attached hydrogen (secondary N) is 2. The Morgan fingerprint density at radius 1 is 1.00 bits per heavy atom. The van der Waals surface area contributed by atoms with E-state index in [-0.39, 0.29) is 29.9 Å². The van der Waals surface area contributed by atoms with Gasteiger partial charge in [0.05, 0.1) is 6.54 Å². The molecule has 0 spiro atoms. The minimum absolute atomic E-state index is 0.119. The summed E-state index contributed by atoms with van der Waals surface area (Å²) in [5, 5.41) is 23.8. The predicted octanol–water partition coefficient (Wildman–Crippen LogP) is 1.95. The molecule has 7 heteroatoms. The maximum Gasteiger partial charge on any atom is 0.251 e. The highest BCUT2D eigenvalue weighted by Gasteiger charge is 2.08. The lowest BCUT2D eigenvalue weighted by molar-refractivity contribution is -0.120. The lowest BCUT2D eigenvalue weighted by Gasteiger charge is -2.08. The molecule has 6 nitrogen and oxygen atoms in total. The van der Waals surface area contributed by atoms with Crippen molar-refractivity contribution in [2.24, 2.45) is 0 Å². The Kier molecular flexibility index (Phi) is 6.20. The highest BCUT2D eigenvalue weighted by atomic mass is 79.9. The molecule has 0 bridgehead atoms. The van der Waals surface area contributed by atoms with Crippen LogP contribution in [0.5, 0.6) is 11.5 Å². The summed E-state index contributed by atoms with van der Waals surface area (Å²) in [4.78, 5) is 23.6. The van der Waals surface area contributed by atoms with E-state index in [0.29, 0.717) is 18.5 Å². The molecule has 0 saturated heterocycles. The summed E-state index contributed by atoms with van der Waals surface area (Å²) < 4.78 is 0.789. The lowest BCUT2D eigenvalue weighted by Crippen LogP contribution is -2.37. The van der Waals surface area contributed by atoms with Crippen molar-refractivity contribution in [2.45, 2.75) is 6.42 Å². The summed E-state index contributed by atoms with van der Waals surface area (Å²) in [5.41, 5.74) is 1.25. The molecular formula is C17H17BrN2O4. The highest BCUT2D eigenvalue weighted by molar-refractivity contribution is 9.10. The maximum absolute atomic E-state index is 11.9. The second-order valence-electron chi connectivity index (χ2n) is 5.12. The van der Waals surface area contributed by atoms with E-state index in [1.165, 1.54) is 12.1 Å². The van der Waals surface area contributed by atoms with Crippen LogP contribution in [-0.4, -0.2) is 35.1 Å². The predicted molar refractivity (Wildman–Crippen MR) is 93.0 cm³/mol. The number of rotatable bonds is 6. The van der Waals surface area contributed by atoms with Gasteiger partial charge in [-0.15, -0.1) is 0 Å². The van der Waals surface area contributed by atoms with E-state index in [0.717, 1.165) is 10.0 Å². The van der Waals surface area contributed by atoms with Gasteiger partial charge in [0.25, 0.3) is 5.91 Å². The standard InChI is InChI=1S/C17H17BrN2O4/c18-13-3-1-2-12(9-13)17(24)20-10-16(23)19-7-6-11-4-5-14(21)15(22)8-11/h1-5,8-9,21-22H,6-7,10H2,(H,19,23)(H,20,24). The van der Waals surface area contributed by atoms with Crippen molar-refractivity contribution in [2.75, 3.05) is 13.1 Å². The van der Waals surface area contributed by atoms with Gasteiger partial charge >= 0.3 is 0 Å². The minimum Gasteiger partial charge on any atom is -0.504 e. The first kappa shape index (κ1) is 17.8. The Bertz CT molecular complexity index is 749. The molecule has 4 N–H and O–H groups in total. The minimum atomic E-state index is -0.324. The van der Waals surface area contributed by atoms with Crippen LogP contribution in [0.3, 0.4) is 0 Å². The van der Waals surface area contributed by atoms with Crippen LogP contribution in [-0.2, 0) is 11.2 Å². The fraction of sp³-hybridized carbons (Fsp3) is 0.176. The Balaban J connectivity index is 1.73. The Labute approximate surface area is 147 Å². The number of phenolic OH excluding ortho intramolecular Hbond substituents is 2. The van der Waals surface area contributed by atoms with E-state index in [4.69, 9.17) is 0 Å². The molecule has 0 atom stereocenters. The van der Waals surface area contributed by atoms with Crippen LogP contribution in [0.4, 0.5) is 0 Å². The zero-order valence-corrected chi connectivity index (χ0v) is 14.3. The highest BCUT2D eigenvalue weighted by Crippen LogP contribution is 2.24. The van der Waals surface area contributed by atoms with Crippen molar-refractivity contribution in [3.8, 4) is 11.5 Å². The third-order valence-electron chi connectivity index (χ3n) is 3.27. The summed E-state index contributed by atoms with van der Waals surface area (Å²) >= 11 is 3.28. The molecule has 0 aliphatic carbocycles. The molecule has 126 valence electrons. The van der Waals surface area contributed by atoms with Gasteiger partial charge in [0.15, 0.2) is 11.5 Å². The number of carbonyl (C=O) groups excluding carboxylic acids is 2. The van der Waals surface area contributed by atoms with Gasteiger partial charge in [0, 0.05) is 16.6 Å². The molecule has 0 aromatic heterocycles. The third-order valence-corrected chi connectivity index (χ3v) is 3.77. The number of hydrogen-bond donors (Lipinski definition) is 4. The van der Waals surface area contributed by atoms with Crippen molar-refractivity contribution < 1.29 is 19.8 Å². The summed E-state index contributed by atoms with van der Waals surface area (Å²) in [5.74, 6) is -1.01. The Hall–Kier alpha value is -2.54. The summed E-state index contributed by atoms with van der Waals surface area (Å²) in [6, 6.07) is 11.4. The number of amides is 2. The largest absolute Gasteiger partial charge is 0.504 e. The summed E-state index contributed by atoms with van der Waals surface area (Å²) in [7, 11) is 0. The number of halogens is 1. The Morgan fingerprint density at radius 2 is 1.79 bits per heavy atom. The third kappa shape index (κ3) is 5.27. The van der Waals surface area contributed by atoms with Gasteiger partial charge in [-0.1, -0.05) is 28.1 Å². The van der Waals surface area contributed by atoms with E-state index in [2.05, 4.69) is 26.6 Å². The summed E-state index contributed by atoms with van der Waals surface area (Å²) in [6.07, 6.45) is 0.499. The molecule has 2 rings (SSSR count). The molecule has 24 heavy (non-hydrogen) atoms. The van der Waals surface area contributed by atoms with Crippen molar-refractivity contribution in [1.29, 1.82) is 0 Å². The molecule has 0 heterocycles. The first-order valence-electron chi connectivity index (χ1n) is 7.27. The zero-order chi connectivity index (χ0) is 17.5. The summed E-state index contributed by atoms with van der Waals surface area (Å²) in [6.45, 7) is 0.238. The van der Waals surface area contributed by atoms with Gasteiger partial charge in [-0.3, -0.25) is 9.59 Å². The normalized spacial score (nSPS) is 10.2. The van der Waals surface area contributed by atoms with Gasteiger partial charge in [0.2, 0.25) is 5.91 Å². The van der Waals surface area contributed by atoms with Gasteiger partial charge in [-0.2, -0.15) is 0 Å². The van der Waals surface area contributed by atoms with Gasteiger partial charge in [-0.05, 0) is 42.3 Å². The number of aromatic hydroxyl groups is 2. The van der Waals surface area contributed by atoms with E-state index in [9.17, 15) is 19.8 Å². The fourth-order valence-electron chi connectivity index (χ4n) is 2.03. The van der Waals surface area contributed by atoms with Gasteiger partial charge in [-0.25, -0.2) is 0 Å². The topological polar surface area (TPSA) is 98.7 Å². The van der Waals surface area contributed by atoms with Crippen LogP contribution < -0.4 is 10.6 Å². The van der Waals surface area contributed by atoms with Crippen LogP contribution >= 0.6 is 15.9 Å². The smallest absolute Gasteiger partial charge is 0.251 e. The molecule has 0 aliphatic heterocycles. The number of phenols is 2. The number of hydrogen-bond acceptors (Lipinski definition) is 4. The van der Waals surface area contributed by atoms with E-state index >= 15 is 0 Å². The second kappa shape index (κ2) is 8.35. The zero-order valence-electron chi connectivity index (χ0n) is 12.8. The van der Waals surface area contributed by atoms with Crippen molar-refractivity contribution >= 4 is 27.7 Å². The lowest BCUT2D eigenvalue weighted by atomic mass is 10.1. The molecule has 2 aromatic rings. The van der Waals surface area contributed by atoms with Crippen LogP contribution in [0.15, 0.2) is 46.9 Å². The van der Waals surface area contributed by atoms with Crippen LogP contribution in [0, 0.1) is 0 Å². The molecule has 0 aliphatic rings. The average Bonchev–Trinajstić information content (AvgIpc) is 2.56. The molecule has 0 fully saturated rings. The van der Waals surface area contributed by atoms with E-state index in [1.807, 2.05) is 6.07 Å². The number of benzene rings is 2. The molecule has 0 saturated carbocycles.